The van der Waals surface area contributed by atoms with Crippen LogP contribution in [0.2, 0.25) is 0 Å². The van der Waals surface area contributed by atoms with Crippen LogP contribution in [0.3, 0.4) is 0 Å². The van der Waals surface area contributed by atoms with Gasteiger partial charge in [0.2, 0.25) is 0 Å². The molecular formula is C13H25N3O. The van der Waals surface area contributed by atoms with Crippen LogP contribution in [0.15, 0.2) is 10.6 Å². The molecule has 0 saturated carbocycles. The van der Waals surface area contributed by atoms with Crippen LogP contribution in [0.1, 0.15) is 45.1 Å². The van der Waals surface area contributed by atoms with E-state index >= 15 is 0 Å². The van der Waals surface area contributed by atoms with E-state index in [-0.39, 0.29) is 0 Å². The van der Waals surface area contributed by atoms with Crippen molar-refractivity contribution in [2.75, 3.05) is 13.1 Å². The SMILES string of the molecule is CCC(CC)CN(CC)Cc1cc(CN)no1. The summed E-state index contributed by atoms with van der Waals surface area (Å²) < 4.78 is 5.27. The van der Waals surface area contributed by atoms with Crippen molar-refractivity contribution in [2.24, 2.45) is 11.7 Å². The van der Waals surface area contributed by atoms with Gasteiger partial charge in [-0.25, -0.2) is 0 Å². The molecule has 17 heavy (non-hydrogen) atoms. The Morgan fingerprint density at radius 2 is 2.06 bits per heavy atom. The third kappa shape index (κ3) is 4.48. The van der Waals surface area contributed by atoms with Crippen LogP contribution in [0, 0.1) is 5.92 Å². The molecule has 0 aromatic carbocycles. The van der Waals surface area contributed by atoms with Crippen LogP contribution < -0.4 is 5.73 Å². The molecule has 1 aromatic rings. The highest BCUT2D eigenvalue weighted by Crippen LogP contribution is 2.13. The van der Waals surface area contributed by atoms with E-state index < -0.39 is 0 Å². The van der Waals surface area contributed by atoms with Crippen molar-refractivity contribution in [3.63, 3.8) is 0 Å². The van der Waals surface area contributed by atoms with Gasteiger partial charge in [-0.1, -0.05) is 38.8 Å². The van der Waals surface area contributed by atoms with E-state index in [1.54, 1.807) is 0 Å². The maximum Gasteiger partial charge on any atom is 0.151 e. The van der Waals surface area contributed by atoms with E-state index in [1.165, 1.54) is 12.8 Å². The van der Waals surface area contributed by atoms with Crippen molar-refractivity contribution in [1.82, 2.24) is 10.1 Å². The van der Waals surface area contributed by atoms with Gasteiger partial charge >= 0.3 is 0 Å². The van der Waals surface area contributed by atoms with Gasteiger partial charge in [-0.05, 0) is 12.5 Å². The first-order valence-electron chi connectivity index (χ1n) is 6.60. The highest BCUT2D eigenvalue weighted by Gasteiger charge is 2.12. The Labute approximate surface area is 104 Å². The topological polar surface area (TPSA) is 55.3 Å². The molecule has 1 heterocycles. The molecule has 0 radical (unpaired) electrons. The highest BCUT2D eigenvalue weighted by molar-refractivity contribution is 5.04. The molecule has 4 nitrogen and oxygen atoms in total. The van der Waals surface area contributed by atoms with Crippen molar-refractivity contribution in [3.8, 4) is 0 Å². The van der Waals surface area contributed by atoms with Gasteiger partial charge in [0, 0.05) is 19.2 Å². The lowest BCUT2D eigenvalue weighted by atomic mass is 10.0. The number of rotatable bonds is 8. The maximum atomic E-state index is 5.51. The predicted octanol–water partition coefficient (Wildman–Crippen LogP) is 2.39. The normalized spacial score (nSPS) is 11.6. The van der Waals surface area contributed by atoms with Gasteiger partial charge in [-0.2, -0.15) is 0 Å². The lowest BCUT2D eigenvalue weighted by Crippen LogP contribution is -2.28. The summed E-state index contributed by atoms with van der Waals surface area (Å²) in [4.78, 5) is 2.40. The third-order valence-corrected chi connectivity index (χ3v) is 3.31. The zero-order chi connectivity index (χ0) is 12.7. The van der Waals surface area contributed by atoms with Gasteiger partial charge < -0.3 is 10.3 Å². The Morgan fingerprint density at radius 1 is 1.35 bits per heavy atom. The highest BCUT2D eigenvalue weighted by atomic mass is 16.5. The number of hydrogen-bond acceptors (Lipinski definition) is 4. The van der Waals surface area contributed by atoms with Gasteiger partial charge in [0.1, 0.15) is 0 Å². The standard InChI is InChI=1S/C13H25N3O/c1-4-11(5-2)9-16(6-3)10-13-7-12(8-14)15-17-13/h7,11H,4-6,8-10,14H2,1-3H3. The maximum absolute atomic E-state index is 5.51. The molecular weight excluding hydrogens is 214 g/mol. The molecule has 1 aromatic heterocycles. The van der Waals surface area contributed by atoms with Crippen LogP contribution in [-0.4, -0.2) is 23.1 Å². The molecule has 2 N–H and O–H groups in total. The summed E-state index contributed by atoms with van der Waals surface area (Å²) in [5, 5.41) is 3.91. The molecule has 0 spiro atoms. The molecule has 0 bridgehead atoms. The smallest absolute Gasteiger partial charge is 0.151 e. The molecule has 98 valence electrons. The number of aromatic nitrogens is 1. The van der Waals surface area contributed by atoms with Crippen LogP contribution in [0.25, 0.3) is 0 Å². The minimum atomic E-state index is 0.447. The first-order valence-corrected chi connectivity index (χ1v) is 6.60. The molecule has 0 amide bonds. The van der Waals surface area contributed by atoms with E-state index in [4.69, 9.17) is 10.3 Å². The van der Waals surface area contributed by atoms with Gasteiger partial charge in [-0.3, -0.25) is 4.90 Å². The van der Waals surface area contributed by atoms with Gasteiger partial charge in [0.15, 0.2) is 5.76 Å². The molecule has 1 rings (SSSR count). The summed E-state index contributed by atoms with van der Waals surface area (Å²) in [6.07, 6.45) is 2.47. The molecule has 0 unspecified atom stereocenters. The van der Waals surface area contributed by atoms with Crippen molar-refractivity contribution in [3.05, 3.63) is 17.5 Å². The number of nitrogens with zero attached hydrogens (tertiary/aromatic N) is 2. The summed E-state index contributed by atoms with van der Waals surface area (Å²) >= 11 is 0. The first-order chi connectivity index (χ1) is 8.23. The van der Waals surface area contributed by atoms with Crippen LogP contribution in [0.4, 0.5) is 0 Å². The molecule has 0 aliphatic rings. The second kappa shape index (κ2) is 7.45. The zero-order valence-corrected chi connectivity index (χ0v) is 11.3. The third-order valence-electron chi connectivity index (χ3n) is 3.31. The fourth-order valence-electron chi connectivity index (χ4n) is 1.96. The summed E-state index contributed by atoms with van der Waals surface area (Å²) in [6.45, 7) is 10.1. The minimum absolute atomic E-state index is 0.447. The second-order valence-corrected chi connectivity index (χ2v) is 4.50. The van der Waals surface area contributed by atoms with Crippen molar-refractivity contribution in [1.29, 1.82) is 0 Å². The summed E-state index contributed by atoms with van der Waals surface area (Å²) in [5.41, 5.74) is 6.35. The Bertz CT molecular complexity index is 307. The second-order valence-electron chi connectivity index (χ2n) is 4.50. The largest absolute Gasteiger partial charge is 0.360 e. The van der Waals surface area contributed by atoms with Gasteiger partial charge in [-0.15, -0.1) is 0 Å². The number of nitrogens with two attached hydrogens (primary N) is 1. The first kappa shape index (κ1) is 14.2. The van der Waals surface area contributed by atoms with E-state index in [0.717, 1.165) is 37.0 Å². The zero-order valence-electron chi connectivity index (χ0n) is 11.3. The summed E-state index contributed by atoms with van der Waals surface area (Å²) in [7, 11) is 0. The quantitative estimate of drug-likeness (QED) is 0.757. The Hall–Kier alpha value is -0.870. The molecule has 0 aliphatic carbocycles. The van der Waals surface area contributed by atoms with E-state index in [2.05, 4.69) is 30.8 Å². The fraction of sp³-hybridized carbons (Fsp3) is 0.769. The molecule has 0 aliphatic heterocycles. The van der Waals surface area contributed by atoms with Crippen molar-refractivity contribution >= 4 is 0 Å². The Morgan fingerprint density at radius 3 is 2.53 bits per heavy atom. The van der Waals surface area contributed by atoms with Crippen LogP contribution in [-0.2, 0) is 13.1 Å². The monoisotopic (exact) mass is 239 g/mol. The molecule has 0 saturated heterocycles. The van der Waals surface area contributed by atoms with Gasteiger partial charge in [0.05, 0.1) is 12.2 Å². The summed E-state index contributed by atoms with van der Waals surface area (Å²) in [6, 6.07) is 1.95. The lowest BCUT2D eigenvalue weighted by molar-refractivity contribution is 0.202. The van der Waals surface area contributed by atoms with Crippen LogP contribution >= 0.6 is 0 Å². The molecule has 4 heteroatoms. The van der Waals surface area contributed by atoms with Crippen molar-refractivity contribution in [2.45, 2.75) is 46.7 Å². The molecule has 0 atom stereocenters. The average Bonchev–Trinajstić information content (AvgIpc) is 2.82. The molecule has 0 fully saturated rings. The minimum Gasteiger partial charge on any atom is -0.360 e. The van der Waals surface area contributed by atoms with Crippen LogP contribution in [0.5, 0.6) is 0 Å². The van der Waals surface area contributed by atoms with Gasteiger partial charge in [0.25, 0.3) is 0 Å². The average molecular weight is 239 g/mol. The van der Waals surface area contributed by atoms with E-state index in [9.17, 15) is 0 Å². The van der Waals surface area contributed by atoms with Crippen molar-refractivity contribution < 1.29 is 4.52 Å². The fourth-order valence-corrected chi connectivity index (χ4v) is 1.96. The van der Waals surface area contributed by atoms with E-state index in [1.807, 2.05) is 6.07 Å². The Balaban J connectivity index is 2.50. The Kier molecular flexibility index (Phi) is 6.22. The number of hydrogen-bond donors (Lipinski definition) is 1. The van der Waals surface area contributed by atoms with E-state index in [0.29, 0.717) is 6.54 Å². The predicted molar refractivity (Wildman–Crippen MR) is 69.4 cm³/mol. The summed E-state index contributed by atoms with van der Waals surface area (Å²) in [5.74, 6) is 1.69. The lowest BCUT2D eigenvalue weighted by Gasteiger charge is -2.23.